The molecule has 0 bridgehead atoms. The van der Waals surface area contributed by atoms with Gasteiger partial charge in [-0.2, -0.15) is 0 Å². The number of benzene rings is 1. The summed E-state index contributed by atoms with van der Waals surface area (Å²) in [5.74, 6) is -2.15. The molecular weight excluding hydrogens is 222 g/mol. The predicted octanol–water partition coefficient (Wildman–Crippen LogP) is 1.70. The van der Waals surface area contributed by atoms with Crippen LogP contribution in [0.4, 0.5) is 5.69 Å². The minimum absolute atomic E-state index is 0.0518. The van der Waals surface area contributed by atoms with E-state index in [-0.39, 0.29) is 22.0 Å². The van der Waals surface area contributed by atoms with E-state index in [2.05, 4.69) is 5.32 Å². The van der Waals surface area contributed by atoms with Gasteiger partial charge in [-0.1, -0.05) is 11.6 Å². The molecule has 0 aliphatic rings. The largest absolute Gasteiger partial charge is 0.506 e. The number of nitrogens with one attached hydrogen (secondary N) is 1. The Morgan fingerprint density at radius 1 is 1.40 bits per heavy atom. The van der Waals surface area contributed by atoms with Gasteiger partial charge >= 0.3 is 5.97 Å². The average molecular weight is 230 g/mol. The van der Waals surface area contributed by atoms with Crippen molar-refractivity contribution >= 4 is 29.2 Å². The molecule has 0 saturated heterocycles. The molecule has 0 aliphatic carbocycles. The summed E-state index contributed by atoms with van der Waals surface area (Å²) in [7, 11) is 0. The smallest absolute Gasteiger partial charge is 0.339 e. The second kappa shape index (κ2) is 4.18. The molecule has 80 valence electrons. The number of amides is 1. The minimum atomic E-state index is -1.32. The third-order valence-electron chi connectivity index (χ3n) is 1.65. The number of carbonyl (C=O) groups is 2. The topological polar surface area (TPSA) is 86.6 Å². The van der Waals surface area contributed by atoms with Gasteiger partial charge in [0.05, 0.1) is 10.7 Å². The van der Waals surface area contributed by atoms with Gasteiger partial charge in [0, 0.05) is 6.92 Å². The number of hydrogen-bond acceptors (Lipinski definition) is 3. The lowest BCUT2D eigenvalue weighted by Gasteiger charge is -2.09. The molecule has 15 heavy (non-hydrogen) atoms. The van der Waals surface area contributed by atoms with Crippen molar-refractivity contribution in [3.63, 3.8) is 0 Å². The lowest BCUT2D eigenvalue weighted by Crippen LogP contribution is -2.11. The molecule has 0 aliphatic heterocycles. The average Bonchev–Trinajstić information content (AvgIpc) is 2.10. The van der Waals surface area contributed by atoms with Gasteiger partial charge < -0.3 is 15.5 Å². The molecule has 0 atom stereocenters. The van der Waals surface area contributed by atoms with E-state index in [0.29, 0.717) is 0 Å². The number of hydrogen-bond donors (Lipinski definition) is 3. The lowest BCUT2D eigenvalue weighted by atomic mass is 10.1. The van der Waals surface area contributed by atoms with Crippen LogP contribution in [0.5, 0.6) is 5.75 Å². The van der Waals surface area contributed by atoms with Crippen molar-refractivity contribution in [1.82, 2.24) is 0 Å². The maximum atomic E-state index is 10.8. The van der Waals surface area contributed by atoms with E-state index in [9.17, 15) is 14.7 Å². The molecule has 0 aromatic heterocycles. The number of rotatable bonds is 2. The first-order chi connectivity index (χ1) is 6.93. The van der Waals surface area contributed by atoms with Gasteiger partial charge in [-0.3, -0.25) is 4.79 Å². The molecule has 1 rings (SSSR count). The standard InChI is InChI=1S/C9H8ClNO4/c1-4(12)11-8-6(13)3-2-5(10)7(8)9(14)15/h2-3,13H,1H3,(H,11,12)(H,14,15). The molecule has 0 saturated carbocycles. The van der Waals surface area contributed by atoms with Gasteiger partial charge in [-0.15, -0.1) is 0 Å². The number of phenolic OH excluding ortho intramolecular Hbond substituents is 1. The Morgan fingerprint density at radius 2 is 2.00 bits per heavy atom. The van der Waals surface area contributed by atoms with Crippen LogP contribution < -0.4 is 5.32 Å². The quantitative estimate of drug-likeness (QED) is 0.674. The zero-order valence-electron chi connectivity index (χ0n) is 7.74. The zero-order chi connectivity index (χ0) is 11.6. The number of carboxylic acid groups (broad SMARTS) is 1. The third kappa shape index (κ3) is 2.38. The maximum Gasteiger partial charge on any atom is 0.339 e. The van der Waals surface area contributed by atoms with Gasteiger partial charge in [-0.05, 0) is 12.1 Å². The summed E-state index contributed by atoms with van der Waals surface area (Å²) < 4.78 is 0. The van der Waals surface area contributed by atoms with Crippen molar-refractivity contribution < 1.29 is 19.8 Å². The minimum Gasteiger partial charge on any atom is -0.506 e. The molecule has 1 aromatic carbocycles. The number of carboxylic acids is 1. The van der Waals surface area contributed by atoms with Crippen LogP contribution in [-0.2, 0) is 4.79 Å². The van der Waals surface area contributed by atoms with Crippen molar-refractivity contribution in [2.24, 2.45) is 0 Å². The summed E-state index contributed by atoms with van der Waals surface area (Å²) in [5, 5.41) is 20.4. The van der Waals surface area contributed by atoms with Crippen LogP contribution in [0, 0.1) is 0 Å². The Morgan fingerprint density at radius 3 is 2.47 bits per heavy atom. The van der Waals surface area contributed by atoms with Gasteiger partial charge in [0.15, 0.2) is 0 Å². The molecule has 1 amide bonds. The van der Waals surface area contributed by atoms with Crippen molar-refractivity contribution in [2.45, 2.75) is 6.92 Å². The van der Waals surface area contributed by atoms with Gasteiger partial charge in [0.1, 0.15) is 11.3 Å². The van der Waals surface area contributed by atoms with Crippen LogP contribution in [0.1, 0.15) is 17.3 Å². The van der Waals surface area contributed by atoms with E-state index >= 15 is 0 Å². The van der Waals surface area contributed by atoms with Crippen molar-refractivity contribution in [3.8, 4) is 5.75 Å². The van der Waals surface area contributed by atoms with E-state index in [1.807, 2.05) is 0 Å². The SMILES string of the molecule is CC(=O)Nc1c(O)ccc(Cl)c1C(=O)O. The molecule has 0 fully saturated rings. The number of aromatic hydroxyl groups is 1. The van der Waals surface area contributed by atoms with E-state index in [0.717, 1.165) is 0 Å². The fraction of sp³-hybridized carbons (Fsp3) is 0.111. The second-order valence-electron chi connectivity index (χ2n) is 2.80. The normalized spacial score (nSPS) is 9.73. The van der Waals surface area contributed by atoms with Crippen LogP contribution in [0.15, 0.2) is 12.1 Å². The molecule has 0 heterocycles. The van der Waals surface area contributed by atoms with Gasteiger partial charge in [0.25, 0.3) is 0 Å². The lowest BCUT2D eigenvalue weighted by molar-refractivity contribution is -0.114. The number of anilines is 1. The molecule has 0 radical (unpaired) electrons. The van der Waals surface area contributed by atoms with E-state index in [4.69, 9.17) is 16.7 Å². The highest BCUT2D eigenvalue weighted by molar-refractivity contribution is 6.34. The fourth-order valence-electron chi connectivity index (χ4n) is 1.08. The number of carbonyl (C=O) groups excluding carboxylic acids is 1. The first-order valence-electron chi connectivity index (χ1n) is 3.96. The summed E-state index contributed by atoms with van der Waals surface area (Å²) in [6.07, 6.45) is 0. The Labute approximate surface area is 90.3 Å². The Kier molecular flexibility index (Phi) is 3.16. The van der Waals surface area contributed by atoms with E-state index in [1.165, 1.54) is 19.1 Å². The summed E-state index contributed by atoms with van der Waals surface area (Å²) in [6, 6.07) is 2.45. The van der Waals surface area contributed by atoms with Gasteiger partial charge in [-0.25, -0.2) is 4.79 Å². The third-order valence-corrected chi connectivity index (χ3v) is 1.96. The summed E-state index contributed by atoms with van der Waals surface area (Å²) in [5.41, 5.74) is -0.519. The molecule has 3 N–H and O–H groups in total. The highest BCUT2D eigenvalue weighted by Crippen LogP contribution is 2.32. The zero-order valence-corrected chi connectivity index (χ0v) is 8.50. The first kappa shape index (κ1) is 11.3. The number of phenols is 1. The van der Waals surface area contributed by atoms with Crippen LogP contribution >= 0.6 is 11.6 Å². The molecular formula is C9H8ClNO4. The van der Waals surface area contributed by atoms with Crippen molar-refractivity contribution in [2.75, 3.05) is 5.32 Å². The second-order valence-corrected chi connectivity index (χ2v) is 3.21. The van der Waals surface area contributed by atoms with Crippen LogP contribution in [0.25, 0.3) is 0 Å². The molecule has 0 unspecified atom stereocenters. The Balaban J connectivity index is 3.38. The summed E-state index contributed by atoms with van der Waals surface area (Å²) >= 11 is 5.64. The molecule has 1 aromatic rings. The Hall–Kier alpha value is -1.75. The van der Waals surface area contributed by atoms with Crippen LogP contribution in [0.2, 0.25) is 5.02 Å². The molecule has 0 spiro atoms. The highest BCUT2D eigenvalue weighted by atomic mass is 35.5. The Bertz CT molecular complexity index is 430. The number of aromatic carboxylic acids is 1. The van der Waals surface area contributed by atoms with Crippen molar-refractivity contribution in [3.05, 3.63) is 22.7 Å². The molecule has 5 nitrogen and oxygen atoms in total. The highest BCUT2D eigenvalue weighted by Gasteiger charge is 2.18. The fourth-order valence-corrected chi connectivity index (χ4v) is 1.32. The monoisotopic (exact) mass is 229 g/mol. The summed E-state index contributed by atoms with van der Waals surface area (Å²) in [6.45, 7) is 1.20. The van der Waals surface area contributed by atoms with Crippen LogP contribution in [-0.4, -0.2) is 22.1 Å². The van der Waals surface area contributed by atoms with Crippen LogP contribution in [0.3, 0.4) is 0 Å². The van der Waals surface area contributed by atoms with Gasteiger partial charge in [0.2, 0.25) is 5.91 Å². The predicted molar refractivity (Wildman–Crippen MR) is 54.4 cm³/mol. The van der Waals surface area contributed by atoms with E-state index < -0.39 is 11.9 Å². The molecule has 6 heteroatoms. The van der Waals surface area contributed by atoms with E-state index in [1.54, 1.807) is 0 Å². The maximum absolute atomic E-state index is 10.8. The summed E-state index contributed by atoms with van der Waals surface area (Å²) in [4.78, 5) is 21.6. The first-order valence-corrected chi connectivity index (χ1v) is 4.33. The number of halogens is 1. The van der Waals surface area contributed by atoms with Crippen molar-refractivity contribution in [1.29, 1.82) is 0 Å².